The van der Waals surface area contributed by atoms with Gasteiger partial charge in [-0.05, 0) is 51.4 Å². The number of carbonyl (C=O) groups excluding carboxylic acids is 1. The Morgan fingerprint density at radius 3 is 1.96 bits per heavy atom. The van der Waals surface area contributed by atoms with E-state index in [1.165, 1.54) is 0 Å². The lowest BCUT2D eigenvalue weighted by molar-refractivity contribution is -0.133. The summed E-state index contributed by atoms with van der Waals surface area (Å²) in [6, 6.07) is 5.48. The first-order valence-corrected chi connectivity index (χ1v) is 14.6. The first-order valence-electron chi connectivity index (χ1n) is 7.82. The van der Waals surface area contributed by atoms with Crippen molar-refractivity contribution in [2.24, 2.45) is 0 Å². The highest BCUT2D eigenvalue weighted by Crippen LogP contribution is 2.32. The number of methoxy groups -OCH3 is 2. The van der Waals surface area contributed by atoms with Crippen LogP contribution >= 0.6 is 0 Å². The second-order valence-corrected chi connectivity index (χ2v) is 16.2. The maximum absolute atomic E-state index is 12.6. The predicted molar refractivity (Wildman–Crippen MR) is 101 cm³/mol. The Labute approximate surface area is 146 Å². The molecule has 0 radical (unpaired) electrons. The monoisotopic (exact) mass is 368 g/mol. The van der Waals surface area contributed by atoms with Crippen LogP contribution in [0.1, 0.15) is 5.56 Å². The Morgan fingerprint density at radius 1 is 0.917 bits per heavy atom. The van der Waals surface area contributed by atoms with Crippen LogP contribution < -0.4 is 9.47 Å². The molecule has 0 atom stereocenters. The smallest absolute Gasteiger partial charge is 0.358 e. The third-order valence-corrected chi connectivity index (χ3v) is 4.37. The van der Waals surface area contributed by atoms with Crippen molar-refractivity contribution >= 4 is 28.7 Å². The Morgan fingerprint density at radius 2 is 1.50 bits per heavy atom. The Kier molecular flexibility index (Phi) is 6.68. The molecule has 0 unspecified atom stereocenters. The third-order valence-electron chi connectivity index (χ3n) is 2.74. The van der Waals surface area contributed by atoms with Crippen LogP contribution in [0, 0.1) is 0 Å². The predicted octanol–water partition coefficient (Wildman–Crippen LogP) is 4.27. The van der Waals surface area contributed by atoms with Gasteiger partial charge in [0, 0.05) is 5.56 Å². The summed E-state index contributed by atoms with van der Waals surface area (Å²) in [5.41, 5.74) is 0.706. The van der Waals surface area contributed by atoms with E-state index in [0.29, 0.717) is 17.1 Å². The molecule has 1 aromatic rings. The van der Waals surface area contributed by atoms with E-state index >= 15 is 0 Å². The standard InChI is InChI=1S/C17H28O5Si2/c1-19-14-11-9-10-13(16(14)20-2)12-15(21-23(3,4)5)17(18)22-24(6,7)8/h9-12H,1-8H3/b15-12-. The number of benzene rings is 1. The van der Waals surface area contributed by atoms with Gasteiger partial charge < -0.3 is 18.3 Å². The fourth-order valence-corrected chi connectivity index (χ4v) is 3.41. The zero-order chi connectivity index (χ0) is 18.5. The fraction of sp³-hybridized carbons (Fsp3) is 0.471. The largest absolute Gasteiger partial charge is 0.539 e. The molecule has 1 aromatic carbocycles. The van der Waals surface area contributed by atoms with E-state index in [1.807, 2.05) is 51.4 Å². The zero-order valence-corrected chi connectivity index (χ0v) is 17.9. The molecule has 0 aliphatic rings. The summed E-state index contributed by atoms with van der Waals surface area (Å²) in [5.74, 6) is 0.930. The summed E-state index contributed by atoms with van der Waals surface area (Å²) in [6.07, 6.45) is 1.67. The SMILES string of the molecule is COc1cccc(/C=C(\O[Si](C)(C)C)C(=O)O[Si](C)(C)C)c1OC. The van der Waals surface area contributed by atoms with Crippen LogP contribution in [0.3, 0.4) is 0 Å². The fourth-order valence-electron chi connectivity index (χ4n) is 1.96. The number of para-hydroxylation sites is 1. The molecule has 5 nitrogen and oxygen atoms in total. The molecule has 0 aromatic heterocycles. The van der Waals surface area contributed by atoms with Gasteiger partial charge in [0.1, 0.15) is 0 Å². The second kappa shape index (κ2) is 7.89. The number of ether oxygens (including phenoxy) is 2. The molecule has 0 saturated heterocycles. The Hall–Kier alpha value is -1.74. The summed E-state index contributed by atoms with van der Waals surface area (Å²) in [6.45, 7) is 11.9. The number of rotatable bonds is 7. The van der Waals surface area contributed by atoms with Crippen molar-refractivity contribution in [3.8, 4) is 11.5 Å². The topological polar surface area (TPSA) is 54.0 Å². The first-order chi connectivity index (χ1) is 11.0. The molecule has 1 rings (SSSR count). The second-order valence-electron chi connectivity index (χ2n) is 7.31. The van der Waals surface area contributed by atoms with Gasteiger partial charge in [-0.15, -0.1) is 0 Å². The molecule has 24 heavy (non-hydrogen) atoms. The minimum atomic E-state index is -2.03. The van der Waals surface area contributed by atoms with Crippen LogP contribution in [0.25, 0.3) is 6.08 Å². The van der Waals surface area contributed by atoms with Crippen LogP contribution in [0.2, 0.25) is 39.3 Å². The van der Waals surface area contributed by atoms with Gasteiger partial charge in [-0.3, -0.25) is 0 Å². The highest BCUT2D eigenvalue weighted by molar-refractivity contribution is 6.72. The van der Waals surface area contributed by atoms with Crippen molar-refractivity contribution in [1.29, 1.82) is 0 Å². The number of hydrogen-bond donors (Lipinski definition) is 0. The van der Waals surface area contributed by atoms with Gasteiger partial charge in [0.15, 0.2) is 17.3 Å². The molecule has 7 heteroatoms. The number of hydrogen-bond acceptors (Lipinski definition) is 5. The molecule has 0 spiro atoms. The zero-order valence-electron chi connectivity index (χ0n) is 15.9. The first kappa shape index (κ1) is 20.3. The summed E-state index contributed by atoms with van der Waals surface area (Å²) in [4.78, 5) is 12.6. The molecule has 0 heterocycles. The number of carbonyl (C=O) groups is 1. The maximum Gasteiger partial charge on any atom is 0.358 e. The van der Waals surface area contributed by atoms with E-state index in [1.54, 1.807) is 26.4 Å². The minimum Gasteiger partial charge on any atom is -0.539 e. The Bertz CT molecular complexity index is 612. The average Bonchev–Trinajstić information content (AvgIpc) is 2.42. The van der Waals surface area contributed by atoms with Crippen LogP contribution in [0.5, 0.6) is 11.5 Å². The molecule has 0 aliphatic heterocycles. The van der Waals surface area contributed by atoms with Crippen molar-refractivity contribution < 1.29 is 23.1 Å². The van der Waals surface area contributed by atoms with Crippen LogP contribution in [-0.2, 0) is 13.6 Å². The van der Waals surface area contributed by atoms with E-state index in [-0.39, 0.29) is 5.76 Å². The van der Waals surface area contributed by atoms with E-state index in [4.69, 9.17) is 18.3 Å². The van der Waals surface area contributed by atoms with E-state index < -0.39 is 22.6 Å². The van der Waals surface area contributed by atoms with Gasteiger partial charge in [-0.2, -0.15) is 0 Å². The van der Waals surface area contributed by atoms with Crippen molar-refractivity contribution in [3.05, 3.63) is 29.5 Å². The molecular formula is C17H28O5Si2. The van der Waals surface area contributed by atoms with E-state index in [9.17, 15) is 4.79 Å². The lowest BCUT2D eigenvalue weighted by Crippen LogP contribution is -2.33. The summed E-state index contributed by atoms with van der Waals surface area (Å²) < 4.78 is 22.3. The molecule has 134 valence electrons. The summed E-state index contributed by atoms with van der Waals surface area (Å²) in [5, 5.41) is 0. The van der Waals surface area contributed by atoms with Crippen LogP contribution in [0.4, 0.5) is 0 Å². The van der Waals surface area contributed by atoms with Crippen LogP contribution in [0.15, 0.2) is 24.0 Å². The van der Waals surface area contributed by atoms with Crippen LogP contribution in [-0.4, -0.2) is 36.8 Å². The van der Waals surface area contributed by atoms with Crippen molar-refractivity contribution in [1.82, 2.24) is 0 Å². The third kappa shape index (κ3) is 6.41. The lowest BCUT2D eigenvalue weighted by atomic mass is 10.1. The molecule has 0 fully saturated rings. The van der Waals surface area contributed by atoms with Gasteiger partial charge in [-0.25, -0.2) is 4.79 Å². The molecule has 0 amide bonds. The minimum absolute atomic E-state index is 0.211. The van der Waals surface area contributed by atoms with E-state index in [2.05, 4.69) is 0 Å². The van der Waals surface area contributed by atoms with Gasteiger partial charge in [0.05, 0.1) is 14.2 Å². The molecule has 0 saturated carbocycles. The summed E-state index contributed by atoms with van der Waals surface area (Å²) in [7, 11) is -0.876. The Balaban J connectivity index is 3.34. The highest BCUT2D eigenvalue weighted by Gasteiger charge is 2.28. The maximum atomic E-state index is 12.6. The molecule has 0 N–H and O–H groups in total. The van der Waals surface area contributed by atoms with Crippen molar-refractivity contribution in [3.63, 3.8) is 0 Å². The van der Waals surface area contributed by atoms with Gasteiger partial charge in [0.25, 0.3) is 0 Å². The van der Waals surface area contributed by atoms with Gasteiger partial charge >= 0.3 is 5.97 Å². The van der Waals surface area contributed by atoms with E-state index in [0.717, 1.165) is 0 Å². The highest BCUT2D eigenvalue weighted by atomic mass is 28.4. The quantitative estimate of drug-likeness (QED) is 0.408. The normalized spacial score (nSPS) is 12.6. The lowest BCUT2D eigenvalue weighted by Gasteiger charge is -2.24. The van der Waals surface area contributed by atoms with Crippen molar-refractivity contribution in [2.75, 3.05) is 14.2 Å². The molecule has 0 aliphatic carbocycles. The molecular weight excluding hydrogens is 340 g/mol. The average molecular weight is 369 g/mol. The summed E-state index contributed by atoms with van der Waals surface area (Å²) >= 11 is 0. The molecule has 0 bridgehead atoms. The van der Waals surface area contributed by atoms with Gasteiger partial charge in [-0.1, -0.05) is 12.1 Å². The van der Waals surface area contributed by atoms with Gasteiger partial charge in [0.2, 0.25) is 16.6 Å². The van der Waals surface area contributed by atoms with Crippen molar-refractivity contribution in [2.45, 2.75) is 39.3 Å².